The Morgan fingerprint density at radius 1 is 1.62 bits per heavy atom. The van der Waals surface area contributed by atoms with Crippen molar-refractivity contribution in [1.82, 2.24) is 9.97 Å². The van der Waals surface area contributed by atoms with Gasteiger partial charge in [-0.3, -0.25) is 0 Å². The minimum atomic E-state index is -0.719. The van der Waals surface area contributed by atoms with Crippen molar-refractivity contribution in [2.24, 2.45) is 5.92 Å². The Morgan fingerprint density at radius 3 is 2.94 bits per heavy atom. The van der Waals surface area contributed by atoms with Gasteiger partial charge in [0.1, 0.15) is 17.2 Å². The first-order chi connectivity index (χ1) is 7.50. The first-order valence-corrected chi connectivity index (χ1v) is 5.61. The van der Waals surface area contributed by atoms with Gasteiger partial charge in [-0.15, -0.1) is 0 Å². The van der Waals surface area contributed by atoms with Crippen LogP contribution in [-0.2, 0) is 0 Å². The number of nitrogen functional groups attached to an aromatic ring is 1. The van der Waals surface area contributed by atoms with E-state index >= 15 is 0 Å². The lowest BCUT2D eigenvalue weighted by Gasteiger charge is -2.23. The summed E-state index contributed by atoms with van der Waals surface area (Å²) in [5.41, 5.74) is 4.83. The second-order valence-corrected chi connectivity index (χ2v) is 4.78. The molecule has 0 amide bonds. The Kier molecular flexibility index (Phi) is 2.90. The van der Waals surface area contributed by atoms with Crippen LogP contribution in [0.3, 0.4) is 0 Å². The average Bonchev–Trinajstić information content (AvgIpc) is 3.04. The number of nitrogens with zero attached hydrogens (tertiary/aromatic N) is 2. The number of rotatable bonds is 4. The predicted octanol–water partition coefficient (Wildman–Crippen LogP) is 1.29. The van der Waals surface area contributed by atoms with Gasteiger partial charge in [-0.25, -0.2) is 9.97 Å². The maximum absolute atomic E-state index is 10.1. The molecule has 16 heavy (non-hydrogen) atoms. The Hall–Kier alpha value is -1.07. The maximum Gasteiger partial charge on any atom is 0.150 e. The zero-order valence-corrected chi connectivity index (χ0v) is 9.83. The summed E-state index contributed by atoms with van der Waals surface area (Å²) in [6.07, 6.45) is 3.50. The Labute approximate surface area is 99.0 Å². The molecule has 0 aliphatic heterocycles. The number of hydrogen-bond donors (Lipinski definition) is 3. The van der Waals surface area contributed by atoms with Crippen molar-refractivity contribution in [3.63, 3.8) is 0 Å². The standard InChI is InChI=1S/C10H15ClN4O/c1-10(16,6-2-3-6)4-13-9-7(11)8(12)14-5-15-9/h5-6,16H,2-4H2,1H3,(H3,12,13,14,15)/t10-/m0/s1. The van der Waals surface area contributed by atoms with Crippen molar-refractivity contribution >= 4 is 23.2 Å². The fraction of sp³-hybridized carbons (Fsp3) is 0.600. The van der Waals surface area contributed by atoms with E-state index in [0.717, 1.165) is 12.8 Å². The fourth-order valence-corrected chi connectivity index (χ4v) is 1.78. The number of nitrogens with one attached hydrogen (secondary N) is 1. The molecule has 5 nitrogen and oxygen atoms in total. The van der Waals surface area contributed by atoms with Crippen LogP contribution in [0.15, 0.2) is 6.33 Å². The minimum absolute atomic E-state index is 0.241. The first kappa shape index (κ1) is 11.4. The summed E-state index contributed by atoms with van der Waals surface area (Å²) in [5.74, 6) is 1.08. The SMILES string of the molecule is C[C@](O)(CNc1ncnc(N)c1Cl)C1CC1. The molecule has 88 valence electrons. The highest BCUT2D eigenvalue weighted by Crippen LogP contribution is 2.39. The van der Waals surface area contributed by atoms with Gasteiger partial charge in [0.05, 0.1) is 5.60 Å². The van der Waals surface area contributed by atoms with Gasteiger partial charge < -0.3 is 16.2 Å². The van der Waals surface area contributed by atoms with E-state index in [0.29, 0.717) is 23.3 Å². The fourth-order valence-electron chi connectivity index (χ4n) is 1.62. The second kappa shape index (κ2) is 4.07. The van der Waals surface area contributed by atoms with E-state index in [1.807, 2.05) is 6.92 Å². The largest absolute Gasteiger partial charge is 0.388 e. The van der Waals surface area contributed by atoms with E-state index in [1.54, 1.807) is 0 Å². The molecule has 2 rings (SSSR count). The van der Waals surface area contributed by atoms with Gasteiger partial charge in [0.15, 0.2) is 5.82 Å². The number of nitrogens with two attached hydrogens (primary N) is 1. The molecule has 0 spiro atoms. The molecule has 0 radical (unpaired) electrons. The van der Waals surface area contributed by atoms with E-state index in [4.69, 9.17) is 17.3 Å². The van der Waals surface area contributed by atoms with Crippen LogP contribution in [0.1, 0.15) is 19.8 Å². The predicted molar refractivity (Wildman–Crippen MR) is 63.3 cm³/mol. The zero-order valence-electron chi connectivity index (χ0n) is 9.07. The van der Waals surface area contributed by atoms with Crippen molar-refractivity contribution < 1.29 is 5.11 Å². The minimum Gasteiger partial charge on any atom is -0.388 e. The van der Waals surface area contributed by atoms with Crippen LogP contribution in [0, 0.1) is 5.92 Å². The molecule has 6 heteroatoms. The van der Waals surface area contributed by atoms with E-state index in [1.165, 1.54) is 6.33 Å². The van der Waals surface area contributed by atoms with Crippen LogP contribution in [0.4, 0.5) is 11.6 Å². The van der Waals surface area contributed by atoms with Crippen molar-refractivity contribution in [3.8, 4) is 0 Å². The summed E-state index contributed by atoms with van der Waals surface area (Å²) in [6, 6.07) is 0. The van der Waals surface area contributed by atoms with Crippen LogP contribution >= 0.6 is 11.6 Å². The maximum atomic E-state index is 10.1. The van der Waals surface area contributed by atoms with E-state index < -0.39 is 5.60 Å². The lowest BCUT2D eigenvalue weighted by atomic mass is 10.0. The third kappa shape index (κ3) is 2.36. The molecule has 0 aromatic carbocycles. The number of aliphatic hydroxyl groups is 1. The van der Waals surface area contributed by atoms with Gasteiger partial charge >= 0.3 is 0 Å². The van der Waals surface area contributed by atoms with E-state index in [2.05, 4.69) is 15.3 Å². The van der Waals surface area contributed by atoms with Crippen LogP contribution in [-0.4, -0.2) is 27.2 Å². The highest BCUT2D eigenvalue weighted by Gasteiger charge is 2.39. The van der Waals surface area contributed by atoms with Crippen LogP contribution in [0.25, 0.3) is 0 Å². The smallest absolute Gasteiger partial charge is 0.150 e. The quantitative estimate of drug-likeness (QED) is 0.741. The van der Waals surface area contributed by atoms with Crippen molar-refractivity contribution in [3.05, 3.63) is 11.3 Å². The molecule has 4 N–H and O–H groups in total. The molecule has 1 saturated carbocycles. The molecule has 1 aromatic rings. The third-order valence-electron chi connectivity index (χ3n) is 2.89. The number of anilines is 2. The zero-order chi connectivity index (χ0) is 11.8. The molecule has 1 fully saturated rings. The summed E-state index contributed by atoms with van der Waals surface area (Å²) >= 11 is 5.92. The molecule has 1 aliphatic rings. The summed E-state index contributed by atoms with van der Waals surface area (Å²) in [5, 5.41) is 13.4. The average molecular weight is 243 g/mol. The first-order valence-electron chi connectivity index (χ1n) is 5.23. The molecule has 1 atom stereocenters. The van der Waals surface area contributed by atoms with Gasteiger partial charge in [-0.2, -0.15) is 0 Å². The number of halogens is 1. The monoisotopic (exact) mass is 242 g/mol. The summed E-state index contributed by atoms with van der Waals surface area (Å²) < 4.78 is 0. The van der Waals surface area contributed by atoms with Crippen LogP contribution in [0.2, 0.25) is 5.02 Å². The summed E-state index contributed by atoms with van der Waals surface area (Å²) in [6.45, 7) is 2.23. The van der Waals surface area contributed by atoms with Gasteiger partial charge in [0.25, 0.3) is 0 Å². The van der Waals surface area contributed by atoms with E-state index in [9.17, 15) is 5.11 Å². The molecule has 1 aliphatic carbocycles. The van der Waals surface area contributed by atoms with Gasteiger partial charge in [0, 0.05) is 6.54 Å². The molecule has 0 unspecified atom stereocenters. The van der Waals surface area contributed by atoms with E-state index in [-0.39, 0.29) is 5.82 Å². The van der Waals surface area contributed by atoms with Crippen LogP contribution < -0.4 is 11.1 Å². The van der Waals surface area contributed by atoms with Crippen molar-refractivity contribution in [1.29, 1.82) is 0 Å². The Balaban J connectivity index is 2.01. The number of hydrogen-bond acceptors (Lipinski definition) is 5. The second-order valence-electron chi connectivity index (χ2n) is 4.41. The Morgan fingerprint density at radius 2 is 2.31 bits per heavy atom. The van der Waals surface area contributed by atoms with Crippen molar-refractivity contribution in [2.45, 2.75) is 25.4 Å². The van der Waals surface area contributed by atoms with Crippen molar-refractivity contribution in [2.75, 3.05) is 17.6 Å². The van der Waals surface area contributed by atoms with Gasteiger partial charge in [-0.05, 0) is 25.7 Å². The molecular formula is C10H15ClN4O. The van der Waals surface area contributed by atoms with Crippen LogP contribution in [0.5, 0.6) is 0 Å². The highest BCUT2D eigenvalue weighted by molar-refractivity contribution is 6.35. The molecule has 0 bridgehead atoms. The highest BCUT2D eigenvalue weighted by atomic mass is 35.5. The Bertz CT molecular complexity index is 392. The third-order valence-corrected chi connectivity index (χ3v) is 3.26. The summed E-state index contributed by atoms with van der Waals surface area (Å²) in [7, 11) is 0. The normalized spacial score (nSPS) is 19.2. The lowest BCUT2D eigenvalue weighted by Crippen LogP contribution is -2.36. The lowest BCUT2D eigenvalue weighted by molar-refractivity contribution is 0.0502. The molecular weight excluding hydrogens is 228 g/mol. The summed E-state index contributed by atoms with van der Waals surface area (Å²) in [4.78, 5) is 7.74. The molecule has 1 aromatic heterocycles. The van der Waals surface area contributed by atoms with Gasteiger partial charge in [-0.1, -0.05) is 11.6 Å². The molecule has 1 heterocycles. The van der Waals surface area contributed by atoms with Gasteiger partial charge in [0.2, 0.25) is 0 Å². The number of aromatic nitrogens is 2. The topological polar surface area (TPSA) is 84.1 Å². The molecule has 0 saturated heterocycles.